The van der Waals surface area contributed by atoms with Gasteiger partial charge in [0, 0.05) is 6.42 Å². The molecule has 98 valence electrons. The van der Waals surface area contributed by atoms with E-state index in [2.05, 4.69) is 9.47 Å². The molecule has 0 spiro atoms. The molecule has 0 radical (unpaired) electrons. The van der Waals surface area contributed by atoms with Crippen molar-refractivity contribution < 1.29 is 27.8 Å². The first kappa shape index (κ1) is 14.1. The summed E-state index contributed by atoms with van der Waals surface area (Å²) in [4.78, 5) is 23.0. The van der Waals surface area contributed by atoms with E-state index in [0.29, 0.717) is 0 Å². The summed E-state index contributed by atoms with van der Waals surface area (Å²) in [7, 11) is 1.11. The van der Waals surface area contributed by atoms with Gasteiger partial charge in [-0.25, -0.2) is 4.79 Å². The topological polar surface area (TPSA) is 52.6 Å². The van der Waals surface area contributed by atoms with Crippen LogP contribution in [-0.4, -0.2) is 25.5 Å². The van der Waals surface area contributed by atoms with Crippen LogP contribution in [0.5, 0.6) is 5.75 Å². The van der Waals surface area contributed by atoms with Crippen molar-refractivity contribution in [2.24, 2.45) is 0 Å². The van der Waals surface area contributed by atoms with Crippen LogP contribution in [0.25, 0.3) is 0 Å². The Morgan fingerprint density at radius 1 is 1.28 bits per heavy atom. The van der Waals surface area contributed by atoms with Gasteiger partial charge in [0.25, 0.3) is 0 Å². The number of alkyl halides is 2. The molecule has 0 atom stereocenters. The van der Waals surface area contributed by atoms with Crippen molar-refractivity contribution in [2.75, 3.05) is 7.11 Å². The van der Waals surface area contributed by atoms with Gasteiger partial charge in [-0.1, -0.05) is 13.0 Å². The molecule has 0 aliphatic carbocycles. The summed E-state index contributed by atoms with van der Waals surface area (Å²) in [6.45, 7) is -1.54. The van der Waals surface area contributed by atoms with Gasteiger partial charge in [0.2, 0.25) is 0 Å². The number of Topliss-reactive ketones (excluding diaryl/α,β-unsaturated/α-hetero) is 1. The van der Waals surface area contributed by atoms with Gasteiger partial charge in [-0.15, -0.1) is 0 Å². The van der Waals surface area contributed by atoms with E-state index >= 15 is 0 Å². The van der Waals surface area contributed by atoms with E-state index in [0.717, 1.165) is 7.11 Å². The van der Waals surface area contributed by atoms with E-state index in [1.807, 2.05) is 0 Å². The SMILES string of the molecule is CCC(=O)c1cccc(C(=O)OC)c1OC(F)F. The van der Waals surface area contributed by atoms with Crippen molar-refractivity contribution in [3.8, 4) is 5.75 Å². The Morgan fingerprint density at radius 3 is 2.39 bits per heavy atom. The number of carbonyl (C=O) groups excluding carboxylic acids is 2. The summed E-state index contributed by atoms with van der Waals surface area (Å²) in [5, 5.41) is 0. The molecule has 0 aliphatic rings. The average molecular weight is 258 g/mol. The van der Waals surface area contributed by atoms with Crippen LogP contribution in [0.4, 0.5) is 8.78 Å². The monoisotopic (exact) mass is 258 g/mol. The number of para-hydroxylation sites is 1. The Hall–Kier alpha value is -1.98. The predicted molar refractivity (Wildman–Crippen MR) is 59.0 cm³/mol. The number of rotatable bonds is 5. The van der Waals surface area contributed by atoms with Crippen molar-refractivity contribution in [1.29, 1.82) is 0 Å². The lowest BCUT2D eigenvalue weighted by Crippen LogP contribution is -2.13. The van der Waals surface area contributed by atoms with Gasteiger partial charge in [0.15, 0.2) is 11.5 Å². The Balaban J connectivity index is 3.34. The Morgan fingerprint density at radius 2 is 1.89 bits per heavy atom. The summed E-state index contributed by atoms with van der Waals surface area (Å²) in [6, 6.07) is 4.00. The third kappa shape index (κ3) is 3.03. The Bertz CT molecular complexity index is 423. The van der Waals surface area contributed by atoms with Gasteiger partial charge in [-0.2, -0.15) is 8.78 Å². The fourth-order valence-corrected chi connectivity index (χ4v) is 1.43. The fourth-order valence-electron chi connectivity index (χ4n) is 1.43. The molecule has 0 unspecified atom stereocenters. The fraction of sp³-hybridized carbons (Fsp3) is 0.333. The Kier molecular flexibility index (Phi) is 4.76. The second-order valence-electron chi connectivity index (χ2n) is 3.33. The number of benzene rings is 1. The molecule has 0 aromatic heterocycles. The summed E-state index contributed by atoms with van der Waals surface area (Å²) < 4.78 is 33.4. The molecule has 0 amide bonds. The molecule has 0 fully saturated rings. The third-order valence-corrected chi connectivity index (χ3v) is 2.25. The first-order valence-electron chi connectivity index (χ1n) is 5.20. The summed E-state index contributed by atoms with van der Waals surface area (Å²) in [5.74, 6) is -1.67. The van der Waals surface area contributed by atoms with Crippen LogP contribution in [0, 0.1) is 0 Å². The summed E-state index contributed by atoms with van der Waals surface area (Å²) in [6.07, 6.45) is 0.115. The van der Waals surface area contributed by atoms with E-state index in [1.165, 1.54) is 18.2 Å². The number of hydrogen-bond donors (Lipinski definition) is 0. The molecule has 6 heteroatoms. The minimum atomic E-state index is -3.13. The number of carbonyl (C=O) groups is 2. The van der Waals surface area contributed by atoms with E-state index in [1.54, 1.807) is 6.92 Å². The first-order valence-corrected chi connectivity index (χ1v) is 5.20. The molecule has 0 heterocycles. The van der Waals surface area contributed by atoms with E-state index in [9.17, 15) is 18.4 Å². The molecule has 4 nitrogen and oxygen atoms in total. The maximum absolute atomic E-state index is 12.3. The van der Waals surface area contributed by atoms with Crippen molar-refractivity contribution in [3.05, 3.63) is 29.3 Å². The molecular weight excluding hydrogens is 246 g/mol. The first-order chi connectivity index (χ1) is 8.51. The van der Waals surface area contributed by atoms with Crippen LogP contribution in [0.15, 0.2) is 18.2 Å². The molecule has 0 saturated heterocycles. The highest BCUT2D eigenvalue weighted by Gasteiger charge is 2.22. The third-order valence-electron chi connectivity index (χ3n) is 2.25. The van der Waals surface area contributed by atoms with Crippen LogP contribution in [0.1, 0.15) is 34.1 Å². The smallest absolute Gasteiger partial charge is 0.387 e. The highest BCUT2D eigenvalue weighted by Crippen LogP contribution is 2.27. The van der Waals surface area contributed by atoms with Crippen molar-refractivity contribution in [2.45, 2.75) is 20.0 Å². The number of methoxy groups -OCH3 is 1. The van der Waals surface area contributed by atoms with Gasteiger partial charge in [0.1, 0.15) is 5.56 Å². The molecule has 0 N–H and O–H groups in total. The highest BCUT2D eigenvalue weighted by atomic mass is 19.3. The quantitative estimate of drug-likeness (QED) is 0.602. The zero-order valence-electron chi connectivity index (χ0n) is 9.91. The number of ether oxygens (including phenoxy) is 2. The minimum absolute atomic E-state index is 0.0549. The molecule has 0 aliphatic heterocycles. The lowest BCUT2D eigenvalue weighted by atomic mass is 10.0. The zero-order chi connectivity index (χ0) is 13.7. The summed E-state index contributed by atoms with van der Waals surface area (Å²) >= 11 is 0. The standard InChI is InChI=1S/C12H12F2O4/c1-3-9(15)7-5-4-6-8(11(16)17-2)10(7)18-12(13)14/h4-6,12H,3H2,1-2H3. The maximum atomic E-state index is 12.3. The van der Waals surface area contributed by atoms with Gasteiger partial charge in [-0.3, -0.25) is 4.79 Å². The molecule has 1 aromatic carbocycles. The highest BCUT2D eigenvalue weighted by molar-refractivity contribution is 6.03. The average Bonchev–Trinajstić information content (AvgIpc) is 2.36. The molecule has 1 aromatic rings. The van der Waals surface area contributed by atoms with Crippen molar-refractivity contribution in [3.63, 3.8) is 0 Å². The minimum Gasteiger partial charge on any atom is -0.465 e. The van der Waals surface area contributed by atoms with E-state index in [4.69, 9.17) is 0 Å². The Labute approximate surface area is 103 Å². The molecule has 18 heavy (non-hydrogen) atoms. The zero-order valence-corrected chi connectivity index (χ0v) is 9.91. The van der Waals surface area contributed by atoms with Crippen LogP contribution < -0.4 is 4.74 Å². The predicted octanol–water partition coefficient (Wildman–Crippen LogP) is 2.67. The van der Waals surface area contributed by atoms with Gasteiger partial charge < -0.3 is 9.47 Å². The van der Waals surface area contributed by atoms with Crippen LogP contribution >= 0.6 is 0 Å². The normalized spacial score (nSPS) is 10.3. The molecule has 0 saturated carbocycles. The number of ketones is 1. The lowest BCUT2D eigenvalue weighted by molar-refractivity contribution is -0.0507. The second kappa shape index (κ2) is 6.09. The maximum Gasteiger partial charge on any atom is 0.387 e. The molecule has 0 bridgehead atoms. The van der Waals surface area contributed by atoms with Gasteiger partial charge in [-0.05, 0) is 12.1 Å². The van der Waals surface area contributed by atoms with Crippen LogP contribution in [-0.2, 0) is 4.74 Å². The molecule has 1 rings (SSSR count). The van der Waals surface area contributed by atoms with Gasteiger partial charge >= 0.3 is 12.6 Å². The second-order valence-corrected chi connectivity index (χ2v) is 3.33. The van der Waals surface area contributed by atoms with E-state index < -0.39 is 24.1 Å². The van der Waals surface area contributed by atoms with Crippen LogP contribution in [0.2, 0.25) is 0 Å². The van der Waals surface area contributed by atoms with E-state index in [-0.39, 0.29) is 17.5 Å². The van der Waals surface area contributed by atoms with Gasteiger partial charge in [0.05, 0.1) is 12.7 Å². The number of halogens is 2. The summed E-state index contributed by atoms with van der Waals surface area (Å²) in [5.41, 5.74) is -0.252. The van der Waals surface area contributed by atoms with Crippen molar-refractivity contribution in [1.82, 2.24) is 0 Å². The molecular formula is C12H12F2O4. The number of hydrogen-bond acceptors (Lipinski definition) is 4. The van der Waals surface area contributed by atoms with Crippen molar-refractivity contribution >= 4 is 11.8 Å². The lowest BCUT2D eigenvalue weighted by Gasteiger charge is -2.12. The largest absolute Gasteiger partial charge is 0.465 e. The van der Waals surface area contributed by atoms with Crippen LogP contribution in [0.3, 0.4) is 0 Å². The number of esters is 1.